The van der Waals surface area contributed by atoms with Crippen molar-refractivity contribution in [1.29, 1.82) is 0 Å². The molecule has 40 heavy (non-hydrogen) atoms. The smallest absolute Gasteiger partial charge is 0.298 e. The molecule has 1 N–H and O–H groups in total. The van der Waals surface area contributed by atoms with E-state index < -0.39 is 17.5 Å². The molecule has 1 fully saturated rings. The number of hydrogen-bond donors (Lipinski definition) is 1. The summed E-state index contributed by atoms with van der Waals surface area (Å²) >= 11 is 0. The lowest BCUT2D eigenvalue weighted by Crippen LogP contribution is -2.59. The van der Waals surface area contributed by atoms with Gasteiger partial charge in [-0.25, -0.2) is 14.4 Å². The maximum absolute atomic E-state index is 13.4. The number of carbonyl (C=O) groups excluding carboxylic acids is 2. The van der Waals surface area contributed by atoms with Crippen molar-refractivity contribution in [2.24, 2.45) is 7.05 Å². The summed E-state index contributed by atoms with van der Waals surface area (Å²) in [5.74, 6) is -1.18. The molecule has 6 rings (SSSR count). The van der Waals surface area contributed by atoms with Crippen molar-refractivity contribution in [1.82, 2.24) is 14.5 Å². The molecular formula is C30H30FN7O2. The minimum absolute atomic E-state index is 0.193. The van der Waals surface area contributed by atoms with Crippen LogP contribution in [0.2, 0.25) is 0 Å². The molecular weight excluding hydrogens is 509 g/mol. The molecule has 0 unspecified atom stereocenters. The third-order valence-corrected chi connectivity index (χ3v) is 7.79. The van der Waals surface area contributed by atoms with E-state index in [2.05, 4.69) is 30.0 Å². The van der Waals surface area contributed by atoms with Crippen LogP contribution >= 0.6 is 0 Å². The summed E-state index contributed by atoms with van der Waals surface area (Å²) in [5.41, 5.74) is 5.49. The minimum atomic E-state index is -0.678. The molecule has 10 heteroatoms. The second-order valence-electron chi connectivity index (χ2n) is 10.3. The van der Waals surface area contributed by atoms with Crippen LogP contribution in [-0.4, -0.2) is 65.5 Å². The van der Waals surface area contributed by atoms with E-state index in [-0.39, 0.29) is 6.04 Å². The normalized spacial score (nSPS) is 16.4. The van der Waals surface area contributed by atoms with Gasteiger partial charge in [-0.2, -0.15) is 0 Å². The highest BCUT2D eigenvalue weighted by Gasteiger charge is 2.35. The molecule has 9 nitrogen and oxygen atoms in total. The summed E-state index contributed by atoms with van der Waals surface area (Å²) in [6.07, 6.45) is 2.39. The molecule has 0 radical (unpaired) electrons. The lowest BCUT2D eigenvalue weighted by atomic mass is 10.0. The van der Waals surface area contributed by atoms with E-state index in [4.69, 9.17) is 0 Å². The van der Waals surface area contributed by atoms with E-state index in [9.17, 15) is 14.0 Å². The van der Waals surface area contributed by atoms with Gasteiger partial charge < -0.3 is 24.6 Å². The monoisotopic (exact) mass is 539 g/mol. The molecule has 0 bridgehead atoms. The van der Waals surface area contributed by atoms with Gasteiger partial charge in [-0.05, 0) is 36.8 Å². The molecule has 0 aliphatic carbocycles. The van der Waals surface area contributed by atoms with Gasteiger partial charge in [0, 0.05) is 57.2 Å². The van der Waals surface area contributed by atoms with Crippen molar-refractivity contribution in [3.05, 3.63) is 84.2 Å². The molecule has 4 aromatic rings. The highest BCUT2D eigenvalue weighted by atomic mass is 19.1. The highest BCUT2D eigenvalue weighted by Crippen LogP contribution is 2.38. The number of nitrogens with one attached hydrogen (secondary N) is 1. The topological polar surface area (TPSA) is 86.6 Å². The van der Waals surface area contributed by atoms with Crippen LogP contribution in [0.25, 0.3) is 11.1 Å². The van der Waals surface area contributed by atoms with Gasteiger partial charge in [0.1, 0.15) is 5.69 Å². The second kappa shape index (κ2) is 10.1. The minimum Gasteiger partial charge on any atom is -0.371 e. The molecule has 204 valence electrons. The second-order valence-corrected chi connectivity index (χ2v) is 10.3. The highest BCUT2D eigenvalue weighted by molar-refractivity contribution is 6.47. The Morgan fingerprint density at radius 1 is 0.950 bits per heavy atom. The van der Waals surface area contributed by atoms with Gasteiger partial charge in [-0.3, -0.25) is 9.59 Å². The van der Waals surface area contributed by atoms with Gasteiger partial charge in [0.05, 0.1) is 29.8 Å². The molecule has 2 aliphatic heterocycles. The Labute approximate surface area is 231 Å². The third-order valence-electron chi connectivity index (χ3n) is 7.79. The van der Waals surface area contributed by atoms with Crippen LogP contribution in [0.1, 0.15) is 16.2 Å². The number of benzene rings is 2. The van der Waals surface area contributed by atoms with E-state index in [0.29, 0.717) is 30.4 Å². The number of Topliss-reactive ketones (excluding diaryl/α,β-unsaturated/α-hetero) is 1. The van der Waals surface area contributed by atoms with Crippen molar-refractivity contribution < 1.29 is 14.0 Å². The number of likely N-dealkylation sites (N-methyl/N-ethyl adjacent to an activating group) is 1. The standard InChI is InChI=1S/C30H30FN7O2/c1-19-13-24(20-7-5-4-6-8-20)27(36(19)3)28(39)29(40)34-22-9-10-25-26(14-22)35(2)17-23-18-37(11-12-38(23)25)30-32-15-21(31)16-33-30/h4-10,13-16,23H,11-12,17-18H2,1-3H3,(H,34,40)/t23-/m0/s1. The zero-order valence-corrected chi connectivity index (χ0v) is 22.6. The number of piperazine rings is 1. The molecule has 0 spiro atoms. The molecule has 4 heterocycles. The Hall–Kier alpha value is -4.73. The zero-order valence-electron chi connectivity index (χ0n) is 22.6. The maximum Gasteiger partial charge on any atom is 0.298 e. The van der Waals surface area contributed by atoms with Crippen molar-refractivity contribution in [2.45, 2.75) is 13.0 Å². The Kier molecular flexibility index (Phi) is 6.45. The molecule has 1 saturated heterocycles. The summed E-state index contributed by atoms with van der Waals surface area (Å²) in [6, 6.07) is 17.5. The predicted octanol–water partition coefficient (Wildman–Crippen LogP) is 3.90. The largest absolute Gasteiger partial charge is 0.371 e. The molecule has 1 atom stereocenters. The van der Waals surface area contributed by atoms with Crippen LogP contribution in [0.5, 0.6) is 0 Å². The van der Waals surface area contributed by atoms with E-state index in [1.54, 1.807) is 11.6 Å². The zero-order chi connectivity index (χ0) is 28.0. The fraction of sp³-hybridized carbons (Fsp3) is 0.267. The average Bonchev–Trinajstić information content (AvgIpc) is 3.27. The number of halogens is 1. The van der Waals surface area contributed by atoms with Crippen molar-refractivity contribution in [3.8, 4) is 11.1 Å². The number of aryl methyl sites for hydroxylation is 1. The average molecular weight is 540 g/mol. The predicted molar refractivity (Wildman–Crippen MR) is 154 cm³/mol. The number of carbonyl (C=O) groups is 2. The van der Waals surface area contributed by atoms with Crippen molar-refractivity contribution >= 4 is 34.7 Å². The van der Waals surface area contributed by atoms with Crippen LogP contribution in [0.15, 0.2) is 67.0 Å². The number of nitrogens with zero attached hydrogens (tertiary/aromatic N) is 6. The number of rotatable bonds is 5. The summed E-state index contributed by atoms with van der Waals surface area (Å²) < 4.78 is 15.0. The Balaban J connectivity index is 1.20. The van der Waals surface area contributed by atoms with Crippen molar-refractivity contribution in [3.63, 3.8) is 0 Å². The first-order valence-electron chi connectivity index (χ1n) is 13.2. The molecule has 2 aromatic heterocycles. The number of anilines is 4. The van der Waals surface area contributed by atoms with Gasteiger partial charge in [0.15, 0.2) is 5.82 Å². The fourth-order valence-electron chi connectivity index (χ4n) is 5.68. The molecule has 0 saturated carbocycles. The van der Waals surface area contributed by atoms with E-state index in [1.165, 1.54) is 12.4 Å². The van der Waals surface area contributed by atoms with E-state index >= 15 is 0 Å². The Bertz CT molecular complexity index is 1590. The van der Waals surface area contributed by atoms with Crippen LogP contribution in [-0.2, 0) is 11.8 Å². The summed E-state index contributed by atoms with van der Waals surface area (Å²) in [5, 5.41) is 2.83. The summed E-state index contributed by atoms with van der Waals surface area (Å²) in [6.45, 7) is 4.84. The van der Waals surface area contributed by atoms with Crippen molar-refractivity contribution in [2.75, 3.05) is 53.2 Å². The first kappa shape index (κ1) is 25.5. The van der Waals surface area contributed by atoms with E-state index in [1.807, 2.05) is 68.6 Å². The van der Waals surface area contributed by atoms with Crippen LogP contribution in [0.3, 0.4) is 0 Å². The van der Waals surface area contributed by atoms with Crippen LogP contribution in [0, 0.1) is 12.7 Å². The lowest BCUT2D eigenvalue weighted by molar-refractivity contribution is -0.112. The third kappa shape index (κ3) is 4.55. The number of fused-ring (bicyclic) bond motifs is 3. The maximum atomic E-state index is 13.4. The summed E-state index contributed by atoms with van der Waals surface area (Å²) in [4.78, 5) is 41.5. The first-order valence-corrected chi connectivity index (χ1v) is 13.2. The van der Waals surface area contributed by atoms with Gasteiger partial charge in [-0.1, -0.05) is 30.3 Å². The molecule has 2 aliphatic rings. The van der Waals surface area contributed by atoms with Gasteiger partial charge >= 0.3 is 0 Å². The molecule has 2 aromatic carbocycles. The fourth-order valence-corrected chi connectivity index (χ4v) is 5.68. The Morgan fingerprint density at radius 2 is 1.70 bits per heavy atom. The number of amides is 1. The number of aromatic nitrogens is 3. The quantitative estimate of drug-likeness (QED) is 0.304. The van der Waals surface area contributed by atoms with Crippen LogP contribution < -0.4 is 20.0 Å². The Morgan fingerprint density at radius 3 is 2.45 bits per heavy atom. The van der Waals surface area contributed by atoms with Gasteiger partial charge in [0.2, 0.25) is 5.95 Å². The van der Waals surface area contributed by atoms with E-state index in [0.717, 1.165) is 41.3 Å². The SMILES string of the molecule is Cc1cc(-c2ccccc2)c(C(=O)C(=O)Nc2ccc3c(c2)N(C)C[C@H]2CN(c4ncc(F)cn4)CCN32)n1C. The number of hydrogen-bond acceptors (Lipinski definition) is 7. The van der Waals surface area contributed by atoms with Gasteiger partial charge in [0.25, 0.3) is 11.7 Å². The lowest BCUT2D eigenvalue weighted by Gasteiger charge is -2.48. The van der Waals surface area contributed by atoms with Crippen LogP contribution in [0.4, 0.5) is 27.4 Å². The first-order chi connectivity index (χ1) is 19.3. The molecule has 1 amide bonds. The summed E-state index contributed by atoms with van der Waals surface area (Å²) in [7, 11) is 3.81. The van der Waals surface area contributed by atoms with Gasteiger partial charge in [-0.15, -0.1) is 0 Å². The number of ketones is 1.